The van der Waals surface area contributed by atoms with Gasteiger partial charge >= 0.3 is 0 Å². The number of halogens is 1. The molecule has 6 heteroatoms. The molecule has 25 heavy (non-hydrogen) atoms. The van der Waals surface area contributed by atoms with Gasteiger partial charge in [0, 0.05) is 16.5 Å². The number of amides is 1. The molecule has 2 aromatic carbocycles. The van der Waals surface area contributed by atoms with Crippen molar-refractivity contribution >= 4 is 28.3 Å². The van der Waals surface area contributed by atoms with Crippen molar-refractivity contribution in [3.63, 3.8) is 0 Å². The lowest BCUT2D eigenvalue weighted by Crippen LogP contribution is -2.22. The summed E-state index contributed by atoms with van der Waals surface area (Å²) in [6.45, 7) is 0.310. The first-order valence-electron chi connectivity index (χ1n) is 7.67. The molecule has 0 spiro atoms. The number of rotatable bonds is 6. The Morgan fingerprint density at radius 3 is 2.48 bits per heavy atom. The second-order valence-corrected chi connectivity index (χ2v) is 7.20. The number of carbonyl (C=O) groups excluding carboxylic acids is 1. The first kappa shape index (κ1) is 17.5. The maximum atomic E-state index is 12.3. The summed E-state index contributed by atoms with van der Waals surface area (Å²) in [5.74, 6) is 0.579. The molecule has 0 fully saturated rings. The largest absolute Gasteiger partial charge is 0.455 e. The van der Waals surface area contributed by atoms with Crippen LogP contribution in [0.2, 0.25) is 5.02 Å². The van der Waals surface area contributed by atoms with Gasteiger partial charge in [-0.3, -0.25) is 9.00 Å². The van der Waals surface area contributed by atoms with Gasteiger partial charge in [-0.25, -0.2) is 0 Å². The third-order valence-electron chi connectivity index (χ3n) is 3.56. The molecule has 1 amide bonds. The van der Waals surface area contributed by atoms with Crippen molar-refractivity contribution < 1.29 is 13.4 Å². The van der Waals surface area contributed by atoms with Crippen molar-refractivity contribution in [3.05, 3.63) is 88.8 Å². The minimum atomic E-state index is -1.21. The van der Waals surface area contributed by atoms with Crippen LogP contribution >= 0.6 is 11.6 Å². The fourth-order valence-corrected chi connectivity index (χ4v) is 3.51. The number of benzene rings is 2. The van der Waals surface area contributed by atoms with Gasteiger partial charge in [-0.2, -0.15) is 0 Å². The monoisotopic (exact) mass is 373 g/mol. The summed E-state index contributed by atoms with van der Waals surface area (Å²) in [6.07, 6.45) is 0. The minimum Gasteiger partial charge on any atom is -0.455 e. The zero-order chi connectivity index (χ0) is 17.6. The summed E-state index contributed by atoms with van der Waals surface area (Å²) in [5.41, 5.74) is 0.828. The van der Waals surface area contributed by atoms with Crippen LogP contribution in [0.1, 0.15) is 21.9 Å². The summed E-state index contributed by atoms with van der Waals surface area (Å²) in [6, 6.07) is 19.7. The summed E-state index contributed by atoms with van der Waals surface area (Å²) < 4.78 is 17.8. The third kappa shape index (κ3) is 4.59. The Hall–Kier alpha value is -2.37. The fraction of sp³-hybridized carbons (Fsp3) is 0.105. The highest BCUT2D eigenvalue weighted by Crippen LogP contribution is 2.16. The van der Waals surface area contributed by atoms with Crippen LogP contribution in [0, 0.1) is 0 Å². The van der Waals surface area contributed by atoms with Gasteiger partial charge in [-0.1, -0.05) is 48.0 Å². The van der Waals surface area contributed by atoms with Gasteiger partial charge in [0.25, 0.3) is 5.91 Å². The first-order chi connectivity index (χ1) is 12.1. The highest BCUT2D eigenvalue weighted by atomic mass is 35.5. The van der Waals surface area contributed by atoms with Crippen molar-refractivity contribution in [1.29, 1.82) is 0 Å². The van der Waals surface area contributed by atoms with E-state index in [0.717, 1.165) is 10.5 Å². The van der Waals surface area contributed by atoms with Gasteiger partial charge < -0.3 is 9.73 Å². The van der Waals surface area contributed by atoms with Crippen LogP contribution in [0.5, 0.6) is 0 Å². The summed E-state index contributed by atoms with van der Waals surface area (Å²) in [4.78, 5) is 12.9. The van der Waals surface area contributed by atoms with Gasteiger partial charge in [-0.15, -0.1) is 0 Å². The molecular formula is C19H16ClNO3S. The molecule has 1 N–H and O–H groups in total. The molecule has 3 rings (SSSR count). The van der Waals surface area contributed by atoms with Gasteiger partial charge in [0.1, 0.15) is 5.76 Å². The first-order valence-corrected chi connectivity index (χ1v) is 9.37. The Bertz CT molecular complexity index is 892. The molecule has 0 aliphatic heterocycles. The molecule has 1 heterocycles. The predicted molar refractivity (Wildman–Crippen MR) is 97.9 cm³/mol. The molecular weight excluding hydrogens is 358 g/mol. The van der Waals surface area contributed by atoms with E-state index in [1.807, 2.05) is 36.4 Å². The molecule has 3 aromatic rings. The quantitative estimate of drug-likeness (QED) is 0.705. The number of hydrogen-bond donors (Lipinski definition) is 1. The lowest BCUT2D eigenvalue weighted by Gasteiger charge is -2.05. The Morgan fingerprint density at radius 2 is 1.72 bits per heavy atom. The standard InChI is InChI=1S/C19H16ClNO3S/c20-17-9-5-4-6-14(17)12-21-19(22)18-11-10-15(24-18)13-25(23)16-7-2-1-3-8-16/h1-11H,12-13H2,(H,21,22)/t25-/m0/s1. The molecule has 0 bridgehead atoms. The summed E-state index contributed by atoms with van der Waals surface area (Å²) in [5, 5.41) is 3.36. The number of furan rings is 1. The molecule has 0 saturated carbocycles. The van der Waals surface area contributed by atoms with Crippen LogP contribution in [0.25, 0.3) is 0 Å². The van der Waals surface area contributed by atoms with E-state index >= 15 is 0 Å². The van der Waals surface area contributed by atoms with Gasteiger partial charge in [0.05, 0.1) is 16.6 Å². The lowest BCUT2D eigenvalue weighted by atomic mass is 10.2. The second-order valence-electron chi connectivity index (χ2n) is 5.34. The average Bonchev–Trinajstić information content (AvgIpc) is 3.10. The Labute approximate surface area is 153 Å². The summed E-state index contributed by atoms with van der Waals surface area (Å²) >= 11 is 6.06. The third-order valence-corrected chi connectivity index (χ3v) is 5.28. The predicted octanol–water partition coefficient (Wildman–Crippen LogP) is 4.17. The van der Waals surface area contributed by atoms with Crippen LogP contribution in [0.3, 0.4) is 0 Å². The molecule has 1 aromatic heterocycles. The van der Waals surface area contributed by atoms with Gasteiger partial charge in [0.15, 0.2) is 5.76 Å². The SMILES string of the molecule is O=C(NCc1ccccc1Cl)c1ccc(C[S@](=O)c2ccccc2)o1. The highest BCUT2D eigenvalue weighted by molar-refractivity contribution is 7.84. The van der Waals surface area contributed by atoms with Crippen molar-refractivity contribution in [3.8, 4) is 0 Å². The Balaban J connectivity index is 1.60. The van der Waals surface area contributed by atoms with Crippen LogP contribution in [-0.4, -0.2) is 10.1 Å². The fourth-order valence-electron chi connectivity index (χ4n) is 2.27. The average molecular weight is 374 g/mol. The van der Waals surface area contributed by atoms with Crippen molar-refractivity contribution in [2.45, 2.75) is 17.2 Å². The number of hydrogen-bond acceptors (Lipinski definition) is 3. The summed E-state index contributed by atoms with van der Waals surface area (Å²) in [7, 11) is -1.21. The second kappa shape index (κ2) is 8.14. The van der Waals surface area contributed by atoms with Crippen LogP contribution < -0.4 is 5.32 Å². The maximum Gasteiger partial charge on any atom is 0.287 e. The van der Waals surface area contributed by atoms with Gasteiger partial charge in [0.2, 0.25) is 0 Å². The van der Waals surface area contributed by atoms with E-state index in [9.17, 15) is 9.00 Å². The molecule has 1 atom stereocenters. The van der Waals surface area contributed by atoms with Crippen LogP contribution in [0.4, 0.5) is 0 Å². The Morgan fingerprint density at radius 1 is 1.00 bits per heavy atom. The number of carbonyl (C=O) groups is 1. The zero-order valence-corrected chi connectivity index (χ0v) is 14.8. The Kier molecular flexibility index (Phi) is 5.68. The lowest BCUT2D eigenvalue weighted by molar-refractivity contribution is 0.0921. The van der Waals surface area contributed by atoms with E-state index in [2.05, 4.69) is 5.32 Å². The maximum absolute atomic E-state index is 12.3. The van der Waals surface area contributed by atoms with E-state index in [-0.39, 0.29) is 17.4 Å². The van der Waals surface area contributed by atoms with E-state index in [0.29, 0.717) is 17.3 Å². The normalized spacial score (nSPS) is 11.9. The van der Waals surface area contributed by atoms with Crippen molar-refractivity contribution in [1.82, 2.24) is 5.32 Å². The van der Waals surface area contributed by atoms with Crippen molar-refractivity contribution in [2.75, 3.05) is 0 Å². The molecule has 4 nitrogen and oxygen atoms in total. The van der Waals surface area contributed by atoms with Crippen LogP contribution in [0.15, 0.2) is 76.0 Å². The van der Waals surface area contributed by atoms with Crippen molar-refractivity contribution in [2.24, 2.45) is 0 Å². The topological polar surface area (TPSA) is 59.3 Å². The number of nitrogens with one attached hydrogen (secondary N) is 1. The van der Waals surface area contributed by atoms with E-state index < -0.39 is 10.8 Å². The van der Waals surface area contributed by atoms with E-state index in [4.69, 9.17) is 16.0 Å². The highest BCUT2D eigenvalue weighted by Gasteiger charge is 2.14. The molecule has 128 valence electrons. The molecule has 0 radical (unpaired) electrons. The molecule has 0 unspecified atom stereocenters. The molecule has 0 aliphatic carbocycles. The van der Waals surface area contributed by atoms with Gasteiger partial charge in [-0.05, 0) is 35.9 Å². The molecule has 0 saturated heterocycles. The minimum absolute atomic E-state index is 0.187. The zero-order valence-electron chi connectivity index (χ0n) is 13.3. The smallest absolute Gasteiger partial charge is 0.287 e. The van der Waals surface area contributed by atoms with Crippen LogP contribution in [-0.2, 0) is 23.1 Å². The molecule has 0 aliphatic rings. The van der Waals surface area contributed by atoms with E-state index in [1.165, 1.54) is 0 Å². The van der Waals surface area contributed by atoms with E-state index in [1.54, 1.807) is 30.3 Å².